The molecular formula is C8H5F4NO2. The predicted octanol–water partition coefficient (Wildman–Crippen LogP) is 1.96. The fourth-order valence-corrected chi connectivity index (χ4v) is 1.01. The number of halogens is 4. The van der Waals surface area contributed by atoms with Crippen molar-refractivity contribution in [3.05, 3.63) is 35.1 Å². The number of nitrogens with one attached hydrogen (secondary N) is 1. The lowest BCUT2D eigenvalue weighted by Gasteiger charge is -2.10. The molecule has 0 aliphatic rings. The van der Waals surface area contributed by atoms with E-state index >= 15 is 0 Å². The zero-order valence-corrected chi connectivity index (χ0v) is 7.10. The average molecular weight is 223 g/mol. The van der Waals surface area contributed by atoms with Gasteiger partial charge in [0.2, 0.25) is 0 Å². The molecule has 2 N–H and O–H groups in total. The minimum Gasteiger partial charge on any atom is -0.288 e. The van der Waals surface area contributed by atoms with E-state index < -0.39 is 29.0 Å². The van der Waals surface area contributed by atoms with Gasteiger partial charge >= 0.3 is 6.18 Å². The Morgan fingerprint density at radius 2 is 1.93 bits per heavy atom. The highest BCUT2D eigenvalue weighted by atomic mass is 19.4. The molecule has 7 heteroatoms. The molecule has 1 rings (SSSR count). The fraction of sp³-hybridized carbons (Fsp3) is 0.125. The Morgan fingerprint density at radius 3 is 2.40 bits per heavy atom. The van der Waals surface area contributed by atoms with E-state index in [2.05, 4.69) is 0 Å². The van der Waals surface area contributed by atoms with Crippen LogP contribution in [0.5, 0.6) is 0 Å². The fourth-order valence-electron chi connectivity index (χ4n) is 1.01. The molecule has 0 heterocycles. The van der Waals surface area contributed by atoms with Gasteiger partial charge in [-0.2, -0.15) is 13.2 Å². The Kier molecular flexibility index (Phi) is 2.94. The molecule has 0 unspecified atom stereocenters. The summed E-state index contributed by atoms with van der Waals surface area (Å²) in [5.41, 5.74) is -1.26. The number of rotatable bonds is 1. The molecule has 0 radical (unpaired) electrons. The van der Waals surface area contributed by atoms with Gasteiger partial charge in [0, 0.05) is 0 Å². The highest BCUT2D eigenvalue weighted by Gasteiger charge is 2.35. The van der Waals surface area contributed by atoms with Crippen molar-refractivity contribution in [2.75, 3.05) is 0 Å². The first-order valence-corrected chi connectivity index (χ1v) is 3.67. The molecule has 0 atom stereocenters. The molecule has 0 aliphatic heterocycles. The van der Waals surface area contributed by atoms with Crippen molar-refractivity contribution >= 4 is 5.91 Å². The summed E-state index contributed by atoms with van der Waals surface area (Å²) in [7, 11) is 0. The summed E-state index contributed by atoms with van der Waals surface area (Å²) in [6.07, 6.45) is -4.78. The predicted molar refractivity (Wildman–Crippen MR) is 40.7 cm³/mol. The van der Waals surface area contributed by atoms with Gasteiger partial charge in [-0.25, -0.2) is 9.87 Å². The first kappa shape index (κ1) is 11.4. The number of hydroxylamine groups is 1. The van der Waals surface area contributed by atoms with Crippen molar-refractivity contribution in [2.45, 2.75) is 6.18 Å². The van der Waals surface area contributed by atoms with Crippen molar-refractivity contribution in [1.82, 2.24) is 5.48 Å². The van der Waals surface area contributed by atoms with Gasteiger partial charge in [0.15, 0.2) is 0 Å². The first-order chi connectivity index (χ1) is 6.86. The highest BCUT2D eigenvalue weighted by Crippen LogP contribution is 2.32. The molecule has 15 heavy (non-hydrogen) atoms. The molecule has 3 nitrogen and oxygen atoms in total. The zero-order valence-electron chi connectivity index (χ0n) is 7.10. The van der Waals surface area contributed by atoms with Crippen LogP contribution in [-0.2, 0) is 6.18 Å². The van der Waals surface area contributed by atoms with E-state index in [0.29, 0.717) is 18.2 Å². The standard InChI is InChI=1S/C8H5F4NO2/c9-4-1-2-6(8(10,11)12)5(3-4)7(14)13-15/h1-3,15H,(H,13,14). The van der Waals surface area contributed by atoms with Gasteiger partial charge in [0.05, 0.1) is 11.1 Å². The van der Waals surface area contributed by atoms with Gasteiger partial charge in [0.1, 0.15) is 5.82 Å². The van der Waals surface area contributed by atoms with E-state index in [4.69, 9.17) is 5.21 Å². The molecule has 1 amide bonds. The summed E-state index contributed by atoms with van der Waals surface area (Å²) in [6, 6.07) is 1.41. The highest BCUT2D eigenvalue weighted by molar-refractivity contribution is 5.95. The lowest BCUT2D eigenvalue weighted by molar-refractivity contribution is -0.138. The number of benzene rings is 1. The molecule has 0 saturated heterocycles. The molecule has 0 saturated carbocycles. The number of carbonyl (C=O) groups is 1. The molecular weight excluding hydrogens is 218 g/mol. The monoisotopic (exact) mass is 223 g/mol. The van der Waals surface area contributed by atoms with Crippen LogP contribution < -0.4 is 5.48 Å². The lowest BCUT2D eigenvalue weighted by Crippen LogP contribution is -2.23. The van der Waals surface area contributed by atoms with Crippen LogP contribution >= 0.6 is 0 Å². The van der Waals surface area contributed by atoms with Crippen LogP contribution in [0.2, 0.25) is 0 Å². The summed E-state index contributed by atoms with van der Waals surface area (Å²) in [5.74, 6) is -2.41. The SMILES string of the molecule is O=C(NO)c1cc(F)ccc1C(F)(F)F. The van der Waals surface area contributed by atoms with E-state index in [9.17, 15) is 22.4 Å². The molecule has 1 aromatic carbocycles. The Bertz CT molecular complexity index is 389. The largest absolute Gasteiger partial charge is 0.417 e. The Morgan fingerprint density at radius 1 is 1.33 bits per heavy atom. The molecule has 0 fully saturated rings. The van der Waals surface area contributed by atoms with Crippen LogP contribution in [0, 0.1) is 5.82 Å². The van der Waals surface area contributed by atoms with Crippen LogP contribution in [0.25, 0.3) is 0 Å². The van der Waals surface area contributed by atoms with Crippen LogP contribution in [0.1, 0.15) is 15.9 Å². The maximum atomic E-state index is 12.6. The molecule has 82 valence electrons. The topological polar surface area (TPSA) is 49.3 Å². The Balaban J connectivity index is 3.33. The van der Waals surface area contributed by atoms with Crippen molar-refractivity contribution in [3.63, 3.8) is 0 Å². The second-order valence-electron chi connectivity index (χ2n) is 2.63. The van der Waals surface area contributed by atoms with Gasteiger partial charge in [-0.05, 0) is 18.2 Å². The third-order valence-electron chi connectivity index (χ3n) is 1.63. The Labute approximate surface area is 81.3 Å². The maximum Gasteiger partial charge on any atom is 0.417 e. The second kappa shape index (κ2) is 3.85. The summed E-state index contributed by atoms with van der Waals surface area (Å²) >= 11 is 0. The quantitative estimate of drug-likeness (QED) is 0.434. The minimum absolute atomic E-state index is 0.397. The normalized spacial score (nSPS) is 11.3. The Hall–Kier alpha value is -1.63. The van der Waals surface area contributed by atoms with Crippen molar-refractivity contribution < 1.29 is 27.6 Å². The first-order valence-electron chi connectivity index (χ1n) is 3.67. The van der Waals surface area contributed by atoms with Crippen molar-refractivity contribution in [2.24, 2.45) is 0 Å². The van der Waals surface area contributed by atoms with Gasteiger partial charge in [-0.3, -0.25) is 10.0 Å². The number of hydrogen-bond acceptors (Lipinski definition) is 2. The van der Waals surface area contributed by atoms with Gasteiger partial charge in [-0.15, -0.1) is 0 Å². The number of alkyl halides is 3. The second-order valence-corrected chi connectivity index (χ2v) is 2.63. The molecule has 0 aliphatic carbocycles. The third-order valence-corrected chi connectivity index (χ3v) is 1.63. The average Bonchev–Trinajstić information content (AvgIpc) is 2.14. The van der Waals surface area contributed by atoms with Crippen molar-refractivity contribution in [1.29, 1.82) is 0 Å². The smallest absolute Gasteiger partial charge is 0.288 e. The number of hydrogen-bond donors (Lipinski definition) is 2. The minimum atomic E-state index is -4.78. The van der Waals surface area contributed by atoms with Crippen LogP contribution in [0.15, 0.2) is 18.2 Å². The molecule has 1 aromatic rings. The van der Waals surface area contributed by atoms with E-state index in [-0.39, 0.29) is 0 Å². The van der Waals surface area contributed by atoms with E-state index in [0.717, 1.165) is 5.48 Å². The number of carbonyl (C=O) groups excluding carboxylic acids is 1. The van der Waals surface area contributed by atoms with Crippen LogP contribution in [-0.4, -0.2) is 11.1 Å². The van der Waals surface area contributed by atoms with Crippen LogP contribution in [0.4, 0.5) is 17.6 Å². The van der Waals surface area contributed by atoms with E-state index in [1.54, 1.807) is 0 Å². The van der Waals surface area contributed by atoms with E-state index in [1.165, 1.54) is 0 Å². The van der Waals surface area contributed by atoms with Gasteiger partial charge in [-0.1, -0.05) is 0 Å². The molecule has 0 spiro atoms. The molecule has 0 aromatic heterocycles. The third kappa shape index (κ3) is 2.44. The maximum absolute atomic E-state index is 12.6. The summed E-state index contributed by atoms with van der Waals surface area (Å²) in [6.45, 7) is 0. The zero-order chi connectivity index (χ0) is 11.6. The van der Waals surface area contributed by atoms with Gasteiger partial charge < -0.3 is 0 Å². The van der Waals surface area contributed by atoms with Crippen molar-refractivity contribution in [3.8, 4) is 0 Å². The lowest BCUT2D eigenvalue weighted by atomic mass is 10.1. The summed E-state index contributed by atoms with van der Waals surface area (Å²) in [5, 5.41) is 8.18. The summed E-state index contributed by atoms with van der Waals surface area (Å²) in [4.78, 5) is 10.8. The van der Waals surface area contributed by atoms with Crippen LogP contribution in [0.3, 0.4) is 0 Å². The van der Waals surface area contributed by atoms with E-state index in [1.807, 2.05) is 0 Å². The molecule has 0 bridgehead atoms. The summed E-state index contributed by atoms with van der Waals surface area (Å²) < 4.78 is 49.5. The van der Waals surface area contributed by atoms with Gasteiger partial charge in [0.25, 0.3) is 5.91 Å². The number of amides is 1.